The molecule has 0 fully saturated rings. The van der Waals surface area contributed by atoms with E-state index >= 15 is 0 Å². The molecular weight excluding hydrogens is 474 g/mol. The summed E-state index contributed by atoms with van der Waals surface area (Å²) < 4.78 is 40.5. The van der Waals surface area contributed by atoms with Gasteiger partial charge in [-0.05, 0) is 73.0 Å². The molecule has 0 bridgehead atoms. The van der Waals surface area contributed by atoms with E-state index in [4.69, 9.17) is 23.2 Å². The first-order chi connectivity index (χ1) is 15.3. The molecule has 0 aliphatic carbocycles. The summed E-state index contributed by atoms with van der Waals surface area (Å²) in [5, 5.41) is 3.48. The molecule has 5 nitrogen and oxygen atoms in total. The highest BCUT2D eigenvalue weighted by atomic mass is 35.5. The minimum absolute atomic E-state index is 0.00554. The van der Waals surface area contributed by atoms with Gasteiger partial charge in [-0.2, -0.15) is 0 Å². The highest BCUT2D eigenvalue weighted by Gasteiger charge is 2.27. The lowest BCUT2D eigenvalue weighted by Gasteiger charge is -2.24. The van der Waals surface area contributed by atoms with Gasteiger partial charge in [0, 0.05) is 16.6 Å². The number of hydrogen-bond acceptors (Lipinski definition) is 3. The molecule has 1 amide bonds. The third-order valence-electron chi connectivity index (χ3n) is 4.66. The molecule has 0 heterocycles. The van der Waals surface area contributed by atoms with Crippen LogP contribution >= 0.6 is 23.2 Å². The Kier molecular flexibility index (Phi) is 8.12. The average molecular weight is 495 g/mol. The molecule has 0 aromatic heterocycles. The van der Waals surface area contributed by atoms with Crippen LogP contribution in [0.2, 0.25) is 10.0 Å². The molecule has 0 radical (unpaired) electrons. The van der Waals surface area contributed by atoms with Crippen molar-refractivity contribution in [2.75, 3.05) is 17.4 Å². The van der Waals surface area contributed by atoms with Crippen molar-refractivity contribution in [2.24, 2.45) is 0 Å². The molecule has 0 saturated heterocycles. The molecule has 0 atom stereocenters. The summed E-state index contributed by atoms with van der Waals surface area (Å²) in [6.07, 6.45) is 1.28. The Morgan fingerprint density at radius 3 is 2.28 bits per heavy atom. The summed E-state index contributed by atoms with van der Waals surface area (Å²) in [6, 6.07) is 18.2. The van der Waals surface area contributed by atoms with E-state index in [1.54, 1.807) is 30.3 Å². The zero-order chi connectivity index (χ0) is 23.1. The molecule has 3 rings (SSSR count). The second kappa shape index (κ2) is 10.8. The Morgan fingerprint density at radius 2 is 1.62 bits per heavy atom. The topological polar surface area (TPSA) is 66.5 Å². The lowest BCUT2D eigenvalue weighted by atomic mass is 10.1. The van der Waals surface area contributed by atoms with E-state index < -0.39 is 22.5 Å². The monoisotopic (exact) mass is 494 g/mol. The van der Waals surface area contributed by atoms with Gasteiger partial charge in [0.25, 0.3) is 10.0 Å². The van der Waals surface area contributed by atoms with Crippen LogP contribution in [0.3, 0.4) is 0 Å². The van der Waals surface area contributed by atoms with E-state index in [-0.39, 0.29) is 16.4 Å². The van der Waals surface area contributed by atoms with Crippen LogP contribution < -0.4 is 9.62 Å². The van der Waals surface area contributed by atoms with Crippen LogP contribution in [-0.4, -0.2) is 27.4 Å². The van der Waals surface area contributed by atoms with Gasteiger partial charge < -0.3 is 5.32 Å². The molecule has 0 aliphatic heterocycles. The molecule has 0 aliphatic rings. The molecule has 168 valence electrons. The molecule has 3 aromatic carbocycles. The second-order valence-corrected chi connectivity index (χ2v) is 9.76. The van der Waals surface area contributed by atoms with Gasteiger partial charge in [0.05, 0.1) is 10.6 Å². The minimum atomic E-state index is -4.04. The first-order valence-corrected chi connectivity index (χ1v) is 12.0. The normalized spacial score (nSPS) is 11.2. The molecule has 0 saturated carbocycles. The van der Waals surface area contributed by atoms with Crippen LogP contribution in [0.15, 0.2) is 77.7 Å². The lowest BCUT2D eigenvalue weighted by Crippen LogP contribution is -2.41. The lowest BCUT2D eigenvalue weighted by molar-refractivity contribution is -0.119. The number of benzene rings is 3. The zero-order valence-electron chi connectivity index (χ0n) is 17.0. The van der Waals surface area contributed by atoms with Crippen LogP contribution in [0, 0.1) is 5.82 Å². The molecule has 32 heavy (non-hydrogen) atoms. The fraction of sp³-hybridized carbons (Fsp3) is 0.174. The van der Waals surface area contributed by atoms with Gasteiger partial charge in [0.2, 0.25) is 5.91 Å². The van der Waals surface area contributed by atoms with E-state index in [9.17, 15) is 17.6 Å². The number of carbonyl (C=O) groups is 1. The summed E-state index contributed by atoms with van der Waals surface area (Å²) in [4.78, 5) is 12.6. The van der Waals surface area contributed by atoms with Crippen molar-refractivity contribution in [2.45, 2.75) is 17.7 Å². The molecule has 1 N–H and O–H groups in total. The van der Waals surface area contributed by atoms with Gasteiger partial charge in [0.1, 0.15) is 12.4 Å². The maximum atomic E-state index is 13.3. The van der Waals surface area contributed by atoms with Crippen molar-refractivity contribution < 1.29 is 17.6 Å². The van der Waals surface area contributed by atoms with Crippen LogP contribution in [-0.2, 0) is 21.2 Å². The number of rotatable bonds is 9. The third-order valence-corrected chi connectivity index (χ3v) is 6.94. The first-order valence-electron chi connectivity index (χ1n) is 9.81. The average Bonchev–Trinajstić information content (AvgIpc) is 2.76. The number of amides is 1. The Morgan fingerprint density at radius 1 is 0.938 bits per heavy atom. The van der Waals surface area contributed by atoms with Crippen molar-refractivity contribution in [3.8, 4) is 0 Å². The molecular formula is C23H21Cl2FN2O3S. The quantitative estimate of drug-likeness (QED) is 0.422. The summed E-state index contributed by atoms with van der Waals surface area (Å²) in [5.41, 5.74) is 1.22. The third kappa shape index (κ3) is 6.45. The molecule has 0 unspecified atom stereocenters. The summed E-state index contributed by atoms with van der Waals surface area (Å²) in [6.45, 7) is -0.0670. The van der Waals surface area contributed by atoms with Gasteiger partial charge in [-0.25, -0.2) is 12.8 Å². The molecule has 0 spiro atoms. The van der Waals surface area contributed by atoms with Gasteiger partial charge in [-0.3, -0.25) is 9.10 Å². The van der Waals surface area contributed by atoms with Crippen molar-refractivity contribution in [3.63, 3.8) is 0 Å². The molecule has 9 heteroatoms. The highest BCUT2D eigenvalue weighted by Crippen LogP contribution is 2.26. The van der Waals surface area contributed by atoms with Crippen LogP contribution in [0.25, 0.3) is 0 Å². The van der Waals surface area contributed by atoms with Crippen molar-refractivity contribution in [1.29, 1.82) is 0 Å². The number of anilines is 1. The number of sulfonamides is 1. The van der Waals surface area contributed by atoms with E-state index in [2.05, 4.69) is 5.32 Å². The van der Waals surface area contributed by atoms with Crippen molar-refractivity contribution in [1.82, 2.24) is 5.32 Å². The Labute approximate surface area is 196 Å². The summed E-state index contributed by atoms with van der Waals surface area (Å²) in [7, 11) is -4.04. The number of nitrogens with zero attached hydrogens (tertiary/aromatic N) is 1. The van der Waals surface area contributed by atoms with Crippen molar-refractivity contribution in [3.05, 3.63) is 94.2 Å². The standard InChI is InChI=1S/C23H21Cl2FN2O3S/c24-18-8-12-22(13-9-18)32(30,31)28(21-5-1-4-19(25)15-21)16-23(29)27-14-2-3-17-6-10-20(26)11-7-17/h1,4-13,15H,2-3,14,16H2,(H,27,29). The number of nitrogens with one attached hydrogen (secondary N) is 1. The molecule has 3 aromatic rings. The first kappa shape index (κ1) is 24.0. The Hall–Kier alpha value is -2.61. The van der Waals surface area contributed by atoms with Crippen molar-refractivity contribution >= 4 is 44.8 Å². The zero-order valence-corrected chi connectivity index (χ0v) is 19.3. The smallest absolute Gasteiger partial charge is 0.264 e. The Bertz CT molecular complexity index is 1170. The van der Waals surface area contributed by atoms with Gasteiger partial charge >= 0.3 is 0 Å². The maximum absolute atomic E-state index is 13.3. The summed E-state index contributed by atoms with van der Waals surface area (Å²) in [5.74, 6) is -0.758. The second-order valence-electron chi connectivity index (χ2n) is 7.03. The van der Waals surface area contributed by atoms with Gasteiger partial charge in [-0.15, -0.1) is 0 Å². The van der Waals surface area contributed by atoms with Crippen LogP contribution in [0.5, 0.6) is 0 Å². The minimum Gasteiger partial charge on any atom is -0.355 e. The van der Waals surface area contributed by atoms with Crippen LogP contribution in [0.1, 0.15) is 12.0 Å². The highest BCUT2D eigenvalue weighted by molar-refractivity contribution is 7.92. The fourth-order valence-corrected chi connectivity index (χ4v) is 4.76. The van der Waals surface area contributed by atoms with E-state index in [1.165, 1.54) is 42.5 Å². The predicted molar refractivity (Wildman–Crippen MR) is 125 cm³/mol. The van der Waals surface area contributed by atoms with Gasteiger partial charge in [0.15, 0.2) is 0 Å². The van der Waals surface area contributed by atoms with Gasteiger partial charge in [-0.1, -0.05) is 41.4 Å². The largest absolute Gasteiger partial charge is 0.355 e. The number of hydrogen-bond donors (Lipinski definition) is 1. The van der Waals surface area contributed by atoms with E-state index in [0.717, 1.165) is 9.87 Å². The fourth-order valence-electron chi connectivity index (χ4n) is 3.04. The maximum Gasteiger partial charge on any atom is 0.264 e. The summed E-state index contributed by atoms with van der Waals surface area (Å²) >= 11 is 11.9. The number of carbonyl (C=O) groups excluding carboxylic acids is 1. The SMILES string of the molecule is O=C(CN(c1cccc(Cl)c1)S(=O)(=O)c1ccc(Cl)cc1)NCCCc1ccc(F)cc1. The van der Waals surface area contributed by atoms with Crippen LogP contribution in [0.4, 0.5) is 10.1 Å². The van der Waals surface area contributed by atoms with E-state index in [0.29, 0.717) is 29.4 Å². The predicted octanol–water partition coefficient (Wildman–Crippen LogP) is 5.08. The number of aryl methyl sites for hydroxylation is 1. The Balaban J connectivity index is 1.70. The number of halogens is 3. The van der Waals surface area contributed by atoms with E-state index in [1.807, 2.05) is 0 Å².